The van der Waals surface area contributed by atoms with Gasteiger partial charge in [-0.15, -0.1) is 13.2 Å². The Morgan fingerprint density at radius 3 is 2.32 bits per heavy atom. The van der Waals surface area contributed by atoms with Crippen LogP contribution < -0.4 is 4.74 Å². The minimum Gasteiger partial charge on any atom is -0.406 e. The summed E-state index contributed by atoms with van der Waals surface area (Å²) in [7, 11) is -4.02. The molecule has 34 heavy (non-hydrogen) atoms. The molecule has 1 fully saturated rings. The standard InChI is InChI=1S/C21H22F6N2O4S/c1-19(2,34(31,32)15-5-3-4-14(10-15)33-21(25,26)27)13-8-12(9-13)6-7-17(30)16-11-18(29-28-16)20(22,23)24/h3-5,10-13H,6-9H2,1-2H3,(H,28,29). The molecule has 0 saturated heterocycles. The largest absolute Gasteiger partial charge is 0.573 e. The fourth-order valence-electron chi connectivity index (χ4n) is 3.97. The minimum absolute atomic E-state index is 0.00986. The third kappa shape index (κ3) is 5.56. The smallest absolute Gasteiger partial charge is 0.406 e. The Bertz CT molecular complexity index is 1150. The monoisotopic (exact) mass is 512 g/mol. The number of aromatic amines is 1. The number of ether oxygens (including phenoxy) is 1. The number of aromatic nitrogens is 2. The van der Waals surface area contributed by atoms with E-state index in [0.717, 1.165) is 12.1 Å². The lowest BCUT2D eigenvalue weighted by Gasteiger charge is -2.45. The number of nitrogens with zero attached hydrogens (tertiary/aromatic N) is 1. The molecule has 1 N–H and O–H groups in total. The van der Waals surface area contributed by atoms with Crippen molar-refractivity contribution in [2.45, 2.75) is 61.7 Å². The second-order valence-corrected chi connectivity index (χ2v) is 11.3. The summed E-state index contributed by atoms with van der Waals surface area (Å²) in [4.78, 5) is 11.9. The first-order chi connectivity index (χ1) is 15.5. The molecule has 188 valence electrons. The van der Waals surface area contributed by atoms with E-state index < -0.39 is 44.3 Å². The van der Waals surface area contributed by atoms with Gasteiger partial charge in [-0.3, -0.25) is 9.89 Å². The SMILES string of the molecule is CC(C)(C1CC(CCC(=O)c2cc(C(F)(F)F)[nH]n2)C1)S(=O)(=O)c1cccc(OC(F)(F)F)c1. The third-order valence-electron chi connectivity index (χ3n) is 6.21. The average Bonchev–Trinajstić information content (AvgIpc) is 3.16. The van der Waals surface area contributed by atoms with Crippen molar-refractivity contribution in [3.05, 3.63) is 41.7 Å². The van der Waals surface area contributed by atoms with Crippen LogP contribution in [0.4, 0.5) is 26.3 Å². The number of carbonyl (C=O) groups is 1. The third-order valence-corrected chi connectivity index (χ3v) is 8.80. The number of H-pyrrole nitrogens is 1. The van der Waals surface area contributed by atoms with Crippen molar-refractivity contribution >= 4 is 15.6 Å². The zero-order valence-corrected chi connectivity index (χ0v) is 18.9. The number of halogens is 6. The van der Waals surface area contributed by atoms with Gasteiger partial charge in [0.05, 0.1) is 9.64 Å². The van der Waals surface area contributed by atoms with Crippen molar-refractivity contribution < 1.29 is 44.3 Å². The predicted molar refractivity (Wildman–Crippen MR) is 108 cm³/mol. The molecule has 6 nitrogen and oxygen atoms in total. The van der Waals surface area contributed by atoms with Gasteiger partial charge in [0.15, 0.2) is 15.6 Å². The van der Waals surface area contributed by atoms with Gasteiger partial charge in [-0.05, 0) is 69.2 Å². The first-order valence-electron chi connectivity index (χ1n) is 10.3. The van der Waals surface area contributed by atoms with E-state index in [-0.39, 0.29) is 28.8 Å². The normalized spacial score (nSPS) is 19.5. The molecular weight excluding hydrogens is 490 g/mol. The van der Waals surface area contributed by atoms with E-state index in [4.69, 9.17) is 0 Å². The van der Waals surface area contributed by atoms with Crippen LogP contribution in [0.1, 0.15) is 55.7 Å². The number of rotatable bonds is 8. The molecule has 0 atom stereocenters. The van der Waals surface area contributed by atoms with Crippen LogP contribution in [0.5, 0.6) is 5.75 Å². The van der Waals surface area contributed by atoms with Crippen LogP contribution in [0, 0.1) is 11.8 Å². The molecule has 1 aromatic heterocycles. The van der Waals surface area contributed by atoms with E-state index in [0.29, 0.717) is 25.3 Å². The highest BCUT2D eigenvalue weighted by atomic mass is 32.2. The highest BCUT2D eigenvalue weighted by molar-refractivity contribution is 7.92. The van der Waals surface area contributed by atoms with Crippen LogP contribution in [-0.4, -0.2) is 35.5 Å². The maximum atomic E-state index is 13.2. The molecule has 2 aromatic rings. The van der Waals surface area contributed by atoms with Crippen molar-refractivity contribution in [3.8, 4) is 5.75 Å². The number of nitrogens with one attached hydrogen (secondary N) is 1. The molecule has 0 spiro atoms. The summed E-state index contributed by atoms with van der Waals surface area (Å²) in [5, 5.41) is 5.18. The van der Waals surface area contributed by atoms with Crippen LogP contribution in [0.25, 0.3) is 0 Å². The minimum atomic E-state index is -4.96. The van der Waals surface area contributed by atoms with Crippen LogP contribution in [0.2, 0.25) is 0 Å². The second-order valence-electron chi connectivity index (χ2n) is 8.79. The van der Waals surface area contributed by atoms with Gasteiger partial charge in [0, 0.05) is 6.42 Å². The number of ketones is 1. The Morgan fingerprint density at radius 2 is 1.76 bits per heavy atom. The molecule has 0 bridgehead atoms. The van der Waals surface area contributed by atoms with Gasteiger partial charge in [-0.2, -0.15) is 18.3 Å². The van der Waals surface area contributed by atoms with Crippen molar-refractivity contribution in [1.82, 2.24) is 10.2 Å². The van der Waals surface area contributed by atoms with Gasteiger partial charge < -0.3 is 4.74 Å². The highest BCUT2D eigenvalue weighted by Gasteiger charge is 2.48. The van der Waals surface area contributed by atoms with Gasteiger partial charge in [-0.25, -0.2) is 8.42 Å². The summed E-state index contributed by atoms with van der Waals surface area (Å²) >= 11 is 0. The lowest BCUT2D eigenvalue weighted by Crippen LogP contribution is -2.46. The molecule has 1 aromatic carbocycles. The number of hydrogen-bond acceptors (Lipinski definition) is 5. The summed E-state index contributed by atoms with van der Waals surface area (Å²) in [6.45, 7) is 2.99. The molecule has 1 aliphatic carbocycles. The number of sulfone groups is 1. The lowest BCUT2D eigenvalue weighted by atomic mass is 9.67. The molecule has 0 amide bonds. The van der Waals surface area contributed by atoms with Gasteiger partial charge in [0.1, 0.15) is 17.1 Å². The summed E-state index contributed by atoms with van der Waals surface area (Å²) in [6, 6.07) is 4.86. The van der Waals surface area contributed by atoms with Gasteiger partial charge >= 0.3 is 12.5 Å². The Balaban J connectivity index is 1.59. The van der Waals surface area contributed by atoms with Gasteiger partial charge in [-0.1, -0.05) is 6.07 Å². The molecule has 0 unspecified atom stereocenters. The molecule has 1 heterocycles. The first kappa shape index (κ1) is 26.0. The summed E-state index contributed by atoms with van der Waals surface area (Å²) in [5.74, 6) is -1.51. The number of Topliss-reactive ketones (excluding diaryl/α,β-unsaturated/α-hetero) is 1. The number of benzene rings is 1. The fourth-order valence-corrected chi connectivity index (χ4v) is 5.74. The number of hydrogen-bond donors (Lipinski definition) is 1. The summed E-state index contributed by atoms with van der Waals surface area (Å²) in [5.41, 5.74) is -1.43. The van der Waals surface area contributed by atoms with Crippen molar-refractivity contribution in [1.29, 1.82) is 0 Å². The zero-order valence-electron chi connectivity index (χ0n) is 18.1. The highest BCUT2D eigenvalue weighted by Crippen LogP contribution is 2.48. The van der Waals surface area contributed by atoms with E-state index in [1.807, 2.05) is 0 Å². The molecule has 13 heteroatoms. The molecular formula is C21H22F6N2O4S. The van der Waals surface area contributed by atoms with Crippen molar-refractivity contribution in [2.75, 3.05) is 0 Å². The molecule has 0 aliphatic heterocycles. The Labute approximate surface area is 191 Å². The second kappa shape index (κ2) is 8.90. The Kier molecular flexibility index (Phi) is 6.81. The molecule has 1 aliphatic rings. The van der Waals surface area contributed by atoms with E-state index in [2.05, 4.69) is 9.84 Å². The Hall–Kier alpha value is -2.57. The maximum Gasteiger partial charge on any atom is 0.573 e. The van der Waals surface area contributed by atoms with E-state index in [1.165, 1.54) is 26.0 Å². The van der Waals surface area contributed by atoms with Crippen LogP contribution in [0.3, 0.4) is 0 Å². The lowest BCUT2D eigenvalue weighted by molar-refractivity contribution is -0.274. The average molecular weight is 512 g/mol. The molecule has 0 radical (unpaired) electrons. The van der Waals surface area contributed by atoms with Crippen LogP contribution >= 0.6 is 0 Å². The van der Waals surface area contributed by atoms with Crippen LogP contribution in [-0.2, 0) is 16.0 Å². The maximum absolute atomic E-state index is 13.2. The van der Waals surface area contributed by atoms with Gasteiger partial charge in [0.2, 0.25) is 0 Å². The van der Waals surface area contributed by atoms with E-state index in [1.54, 1.807) is 5.10 Å². The fraction of sp³-hybridized carbons (Fsp3) is 0.524. The zero-order chi connectivity index (χ0) is 25.5. The quantitative estimate of drug-likeness (QED) is 0.369. The number of alkyl halides is 6. The summed E-state index contributed by atoms with van der Waals surface area (Å²) < 4.78 is 104. The summed E-state index contributed by atoms with van der Waals surface area (Å²) in [6.07, 6.45) is -8.37. The van der Waals surface area contributed by atoms with E-state index >= 15 is 0 Å². The topological polar surface area (TPSA) is 89.1 Å². The Morgan fingerprint density at radius 1 is 1.12 bits per heavy atom. The van der Waals surface area contributed by atoms with Crippen molar-refractivity contribution in [2.24, 2.45) is 11.8 Å². The van der Waals surface area contributed by atoms with Crippen molar-refractivity contribution in [3.63, 3.8) is 0 Å². The molecule has 1 saturated carbocycles. The predicted octanol–water partition coefficient (Wildman–Crippen LogP) is 5.57. The molecule has 3 rings (SSSR count). The van der Waals surface area contributed by atoms with Crippen LogP contribution in [0.15, 0.2) is 35.2 Å². The number of carbonyl (C=O) groups excluding carboxylic acids is 1. The van der Waals surface area contributed by atoms with E-state index in [9.17, 15) is 39.6 Å². The van der Waals surface area contributed by atoms with Gasteiger partial charge in [0.25, 0.3) is 0 Å². The first-order valence-corrected chi connectivity index (χ1v) is 11.8.